The van der Waals surface area contributed by atoms with Gasteiger partial charge in [-0.1, -0.05) is 5.16 Å². The van der Waals surface area contributed by atoms with E-state index in [1.54, 1.807) is 35.5 Å². The van der Waals surface area contributed by atoms with Crippen LogP contribution in [0.4, 0.5) is 13.2 Å². The molecule has 0 saturated carbocycles. The van der Waals surface area contributed by atoms with Crippen LogP contribution in [0.15, 0.2) is 51.9 Å². The van der Waals surface area contributed by atoms with Crippen molar-refractivity contribution >= 4 is 0 Å². The molecule has 1 aromatic carbocycles. The predicted octanol–water partition coefficient (Wildman–Crippen LogP) is 3.45. The Kier molecular flexibility index (Phi) is 6.96. The van der Waals surface area contributed by atoms with Crippen LogP contribution in [0.2, 0.25) is 0 Å². The van der Waals surface area contributed by atoms with Gasteiger partial charge in [0.05, 0.1) is 6.54 Å². The van der Waals surface area contributed by atoms with Gasteiger partial charge in [-0.05, 0) is 49.2 Å². The lowest BCUT2D eigenvalue weighted by molar-refractivity contribution is -0.274. The Morgan fingerprint density at radius 1 is 1.09 bits per heavy atom. The Morgan fingerprint density at radius 2 is 1.86 bits per heavy atom. The van der Waals surface area contributed by atoms with Crippen molar-refractivity contribution in [2.75, 3.05) is 13.7 Å². The summed E-state index contributed by atoms with van der Waals surface area (Å²) in [6.45, 7) is 3.20. The smallest absolute Gasteiger partial charge is 0.406 e. The molecule has 184 valence electrons. The Hall–Kier alpha value is -4.00. The molecule has 0 saturated heterocycles. The number of hydrogen-bond acceptors (Lipinski definition) is 8. The lowest BCUT2D eigenvalue weighted by Crippen LogP contribution is -2.20. The van der Waals surface area contributed by atoms with E-state index in [0.717, 1.165) is 24.1 Å². The van der Waals surface area contributed by atoms with E-state index < -0.39 is 6.36 Å². The van der Waals surface area contributed by atoms with Crippen LogP contribution in [-0.2, 0) is 17.8 Å². The number of alkyl halides is 3. The van der Waals surface area contributed by atoms with Gasteiger partial charge < -0.3 is 18.6 Å². The largest absolute Gasteiger partial charge is 0.573 e. The van der Waals surface area contributed by atoms with E-state index in [9.17, 15) is 18.0 Å². The molecule has 4 rings (SSSR count). The van der Waals surface area contributed by atoms with Crippen LogP contribution in [0.3, 0.4) is 0 Å². The molecule has 4 aromatic rings. The summed E-state index contributed by atoms with van der Waals surface area (Å²) in [6, 6.07) is 8.45. The predicted molar refractivity (Wildman–Crippen MR) is 116 cm³/mol. The average molecular weight is 490 g/mol. The molecule has 0 aliphatic heterocycles. The summed E-state index contributed by atoms with van der Waals surface area (Å²) in [6.07, 6.45) is -2.31. The molecule has 0 N–H and O–H groups in total. The first kappa shape index (κ1) is 24.1. The second kappa shape index (κ2) is 10.1. The van der Waals surface area contributed by atoms with Crippen molar-refractivity contribution in [2.45, 2.75) is 32.8 Å². The van der Waals surface area contributed by atoms with E-state index >= 15 is 0 Å². The zero-order valence-corrected chi connectivity index (χ0v) is 18.8. The first-order valence-corrected chi connectivity index (χ1v) is 10.5. The second-order valence-corrected chi connectivity index (χ2v) is 7.55. The van der Waals surface area contributed by atoms with E-state index in [4.69, 9.17) is 9.26 Å². The normalized spacial score (nSPS) is 11.7. The third-order valence-electron chi connectivity index (χ3n) is 4.96. The second-order valence-electron chi connectivity index (χ2n) is 7.55. The Balaban J connectivity index is 1.46. The van der Waals surface area contributed by atoms with Gasteiger partial charge in [-0.15, -0.1) is 18.3 Å². The molecule has 13 heteroatoms. The summed E-state index contributed by atoms with van der Waals surface area (Å²) in [7, 11) is 1.62. The highest BCUT2D eigenvalue weighted by Gasteiger charge is 2.31. The molecule has 0 bridgehead atoms. The van der Waals surface area contributed by atoms with E-state index in [1.165, 1.54) is 12.1 Å². The van der Waals surface area contributed by atoms with Crippen LogP contribution in [0.5, 0.6) is 5.75 Å². The lowest BCUT2D eigenvalue weighted by Gasteiger charge is -2.08. The van der Waals surface area contributed by atoms with Gasteiger partial charge in [0.1, 0.15) is 11.6 Å². The summed E-state index contributed by atoms with van der Waals surface area (Å²) >= 11 is 0. The molecule has 35 heavy (non-hydrogen) atoms. The number of pyridine rings is 1. The van der Waals surface area contributed by atoms with Gasteiger partial charge in [0.25, 0.3) is 11.4 Å². The maximum atomic E-state index is 12.3. The molecule has 0 aliphatic rings. The van der Waals surface area contributed by atoms with Crippen molar-refractivity contribution in [3.63, 3.8) is 0 Å². The van der Waals surface area contributed by atoms with Gasteiger partial charge in [0, 0.05) is 38.1 Å². The van der Waals surface area contributed by atoms with Crippen molar-refractivity contribution in [3.8, 4) is 28.9 Å². The third kappa shape index (κ3) is 6.12. The summed E-state index contributed by atoms with van der Waals surface area (Å²) in [4.78, 5) is 20.9. The molecule has 0 aliphatic carbocycles. The Morgan fingerprint density at radius 3 is 2.54 bits per heavy atom. The average Bonchev–Trinajstić information content (AvgIpc) is 3.42. The van der Waals surface area contributed by atoms with Crippen molar-refractivity contribution in [2.24, 2.45) is 0 Å². The number of rotatable bonds is 9. The number of aromatic nitrogens is 6. The first-order chi connectivity index (χ1) is 16.7. The molecule has 0 atom stereocenters. The van der Waals surface area contributed by atoms with Gasteiger partial charge >= 0.3 is 6.36 Å². The zero-order chi connectivity index (χ0) is 25.0. The molecule has 0 amide bonds. The van der Waals surface area contributed by atoms with E-state index in [0.29, 0.717) is 31.1 Å². The quantitative estimate of drug-likeness (QED) is 0.328. The maximum Gasteiger partial charge on any atom is 0.573 e. The van der Waals surface area contributed by atoms with Crippen molar-refractivity contribution in [1.82, 2.24) is 29.5 Å². The number of benzene rings is 1. The van der Waals surface area contributed by atoms with E-state index in [1.807, 2.05) is 6.07 Å². The minimum atomic E-state index is -4.77. The number of methoxy groups -OCH3 is 1. The SMILES string of the molecule is COCCCn1ccc(Cn2nc(-c3nc(-c4ccc(OC(F)(F)F)cc4)no3)nc2C)cc1=O. The van der Waals surface area contributed by atoms with Crippen molar-refractivity contribution in [1.29, 1.82) is 0 Å². The third-order valence-corrected chi connectivity index (χ3v) is 4.96. The molecular weight excluding hydrogens is 469 g/mol. The molecular formula is C22H21F3N6O4. The van der Waals surface area contributed by atoms with Crippen molar-refractivity contribution < 1.29 is 27.2 Å². The molecule has 0 unspecified atom stereocenters. The van der Waals surface area contributed by atoms with Crippen molar-refractivity contribution in [3.05, 3.63) is 64.3 Å². The number of nitrogens with zero attached hydrogens (tertiary/aromatic N) is 6. The first-order valence-electron chi connectivity index (χ1n) is 10.5. The van der Waals surface area contributed by atoms with E-state index in [2.05, 4.69) is 25.0 Å². The molecule has 3 heterocycles. The van der Waals surface area contributed by atoms with Crippen LogP contribution < -0.4 is 10.3 Å². The summed E-state index contributed by atoms with van der Waals surface area (Å²) in [5.41, 5.74) is 1.06. The highest BCUT2D eigenvalue weighted by atomic mass is 19.4. The fraction of sp³-hybridized carbons (Fsp3) is 0.318. The standard InChI is InChI=1S/C22H21F3N6O4/c1-14-26-20(28-31(14)13-15-8-10-30(18(32)12-15)9-3-11-33-2)21-27-19(29-35-21)16-4-6-17(7-5-16)34-22(23,24)25/h4-8,10,12H,3,9,11,13H2,1-2H3. The van der Waals surface area contributed by atoms with Crippen LogP contribution in [0.1, 0.15) is 17.8 Å². The molecule has 0 fully saturated rings. The Labute approximate surface area is 196 Å². The molecule has 3 aromatic heterocycles. The van der Waals surface area contributed by atoms with Crippen LogP contribution >= 0.6 is 0 Å². The fourth-order valence-electron chi connectivity index (χ4n) is 3.28. The molecule has 10 nitrogen and oxygen atoms in total. The van der Waals surface area contributed by atoms with Crippen LogP contribution in [0.25, 0.3) is 23.1 Å². The number of aryl methyl sites for hydroxylation is 2. The van der Waals surface area contributed by atoms with Gasteiger partial charge in [-0.25, -0.2) is 9.67 Å². The molecule has 0 radical (unpaired) electrons. The summed E-state index contributed by atoms with van der Waals surface area (Å²) in [5.74, 6) is 0.600. The minimum Gasteiger partial charge on any atom is -0.406 e. The lowest BCUT2D eigenvalue weighted by atomic mass is 10.2. The number of hydrogen-bond donors (Lipinski definition) is 0. The Bertz CT molecular complexity index is 1340. The topological polar surface area (TPSA) is 110 Å². The van der Waals surface area contributed by atoms with Crippen LogP contribution in [-0.4, -0.2) is 49.6 Å². The fourth-order valence-corrected chi connectivity index (χ4v) is 3.28. The summed E-state index contributed by atoms with van der Waals surface area (Å²) in [5, 5.41) is 8.24. The van der Waals surface area contributed by atoms with Gasteiger partial charge in [-0.3, -0.25) is 4.79 Å². The van der Waals surface area contributed by atoms with Crippen LogP contribution in [0, 0.1) is 6.92 Å². The minimum absolute atomic E-state index is 0.0472. The van der Waals surface area contributed by atoms with Gasteiger partial charge in [0.2, 0.25) is 11.6 Å². The van der Waals surface area contributed by atoms with Gasteiger partial charge in [0.15, 0.2) is 0 Å². The van der Waals surface area contributed by atoms with E-state index in [-0.39, 0.29) is 28.8 Å². The zero-order valence-electron chi connectivity index (χ0n) is 18.8. The summed E-state index contributed by atoms with van der Waals surface area (Å²) < 4.78 is 54.3. The molecule has 0 spiro atoms. The number of ether oxygens (including phenoxy) is 2. The highest BCUT2D eigenvalue weighted by molar-refractivity contribution is 5.57. The monoisotopic (exact) mass is 490 g/mol. The number of halogens is 3. The maximum absolute atomic E-state index is 12.3. The van der Waals surface area contributed by atoms with Gasteiger partial charge in [-0.2, -0.15) is 4.98 Å². The highest BCUT2D eigenvalue weighted by Crippen LogP contribution is 2.26.